The summed E-state index contributed by atoms with van der Waals surface area (Å²) >= 11 is 7.74. The van der Waals surface area contributed by atoms with Gasteiger partial charge in [0.2, 0.25) is 0 Å². The number of aryl methyl sites for hydroxylation is 2. The summed E-state index contributed by atoms with van der Waals surface area (Å²) < 4.78 is 20.3. The van der Waals surface area contributed by atoms with Crippen LogP contribution in [0.1, 0.15) is 19.5 Å². The molecule has 0 amide bonds. The molecule has 0 atom stereocenters. The molecule has 2 aliphatic rings. The number of fused-ring (bicyclic) bond motifs is 1. The third kappa shape index (κ3) is 4.64. The van der Waals surface area contributed by atoms with Gasteiger partial charge in [-0.1, -0.05) is 12.1 Å². The third-order valence-electron chi connectivity index (χ3n) is 7.05. The highest BCUT2D eigenvalue weighted by Gasteiger charge is 2.33. The number of ether oxygens (including phenoxy) is 2. The molecule has 1 aromatic carbocycles. The normalized spacial score (nSPS) is 16.6. The number of hydrogen-bond donors (Lipinski definition) is 0. The van der Waals surface area contributed by atoms with Gasteiger partial charge in [-0.3, -0.25) is 0 Å². The van der Waals surface area contributed by atoms with Gasteiger partial charge < -0.3 is 9.47 Å². The van der Waals surface area contributed by atoms with Crippen LogP contribution in [-0.2, 0) is 19.1 Å². The molecule has 7 heterocycles. The second-order valence-electron chi connectivity index (χ2n) is 9.89. The van der Waals surface area contributed by atoms with E-state index in [1.54, 1.807) is 34.8 Å². The van der Waals surface area contributed by atoms with E-state index in [2.05, 4.69) is 52.1 Å². The van der Waals surface area contributed by atoms with Crippen LogP contribution in [0.4, 0.5) is 0 Å². The first-order chi connectivity index (χ1) is 20.9. The number of rotatable bonds is 5. The lowest BCUT2D eigenvalue weighted by molar-refractivity contribution is -0.133. The van der Waals surface area contributed by atoms with Gasteiger partial charge >= 0.3 is 11.9 Å². The van der Waals surface area contributed by atoms with E-state index in [0.717, 1.165) is 51.4 Å². The molecule has 0 N–H and O–H groups in total. The molecule has 11 heteroatoms. The lowest BCUT2D eigenvalue weighted by Gasteiger charge is -2.03. The van der Waals surface area contributed by atoms with Gasteiger partial charge in [-0.2, -0.15) is 8.75 Å². The number of thiophene rings is 4. The Morgan fingerprint density at radius 2 is 0.930 bits per heavy atom. The number of carbonyl (C=O) groups is 2. The van der Waals surface area contributed by atoms with Gasteiger partial charge in [-0.15, -0.1) is 45.3 Å². The minimum Gasteiger partial charge on any atom is -0.421 e. The minimum absolute atomic E-state index is 0.207. The highest BCUT2D eigenvalue weighted by atomic mass is 32.1. The second kappa shape index (κ2) is 10.3. The molecule has 210 valence electrons. The van der Waals surface area contributed by atoms with Crippen molar-refractivity contribution < 1.29 is 19.1 Å². The van der Waals surface area contributed by atoms with E-state index >= 15 is 0 Å². The van der Waals surface area contributed by atoms with Gasteiger partial charge in [0.25, 0.3) is 0 Å². The van der Waals surface area contributed by atoms with Crippen LogP contribution in [0, 0.1) is 13.8 Å². The minimum atomic E-state index is -0.558. The Hall–Kier alpha value is -4.00. The van der Waals surface area contributed by atoms with E-state index < -0.39 is 11.9 Å². The summed E-state index contributed by atoms with van der Waals surface area (Å²) in [6, 6.07) is 20.6. The standard InChI is InChI=1S/C32H18N2O4S5/c1-15-3-7-23(39-15)17-5-6-18(30-29(17)33-43-34-30)24-9-11-27(41-24)28-12-10-26(42-28)22-14-20(32(36)38-22)19-13-21(37-31(19)35)25-8-4-16(2)40-25/h3-14H,1-2H3/b20-19+. The topological polar surface area (TPSA) is 78.4 Å². The smallest absolute Gasteiger partial charge is 0.344 e. The number of carbonyl (C=O) groups excluding carboxylic acids is 2. The fourth-order valence-electron chi connectivity index (χ4n) is 5.00. The van der Waals surface area contributed by atoms with Gasteiger partial charge in [0.1, 0.15) is 22.6 Å². The van der Waals surface area contributed by atoms with E-state index in [9.17, 15) is 9.59 Å². The van der Waals surface area contributed by atoms with Crippen molar-refractivity contribution in [2.75, 3.05) is 0 Å². The molecule has 6 aromatic rings. The zero-order chi connectivity index (χ0) is 29.2. The molecule has 43 heavy (non-hydrogen) atoms. The molecule has 0 saturated carbocycles. The lowest BCUT2D eigenvalue weighted by atomic mass is 10.1. The largest absolute Gasteiger partial charge is 0.421 e. The van der Waals surface area contributed by atoms with Crippen LogP contribution in [0.5, 0.6) is 0 Å². The van der Waals surface area contributed by atoms with E-state index in [4.69, 9.17) is 9.47 Å². The summed E-state index contributed by atoms with van der Waals surface area (Å²) in [6.45, 7) is 4.10. The van der Waals surface area contributed by atoms with Crippen LogP contribution in [0.25, 0.3) is 53.2 Å². The van der Waals surface area contributed by atoms with Crippen LogP contribution in [0.15, 0.2) is 84.0 Å². The Morgan fingerprint density at radius 1 is 0.512 bits per heavy atom. The van der Waals surface area contributed by atoms with Crippen molar-refractivity contribution in [1.82, 2.24) is 8.75 Å². The highest BCUT2D eigenvalue weighted by molar-refractivity contribution is 7.24. The zero-order valence-corrected chi connectivity index (χ0v) is 26.6. The predicted octanol–water partition coefficient (Wildman–Crippen LogP) is 9.35. The molecule has 0 saturated heterocycles. The number of esters is 2. The lowest BCUT2D eigenvalue weighted by Crippen LogP contribution is -2.05. The average Bonchev–Trinajstić information content (AvgIpc) is 3.81. The van der Waals surface area contributed by atoms with Gasteiger partial charge in [0, 0.05) is 40.4 Å². The van der Waals surface area contributed by atoms with Crippen molar-refractivity contribution in [1.29, 1.82) is 0 Å². The number of nitrogens with zero attached hydrogens (tertiary/aromatic N) is 2. The quantitative estimate of drug-likeness (QED) is 0.136. The number of benzene rings is 1. The monoisotopic (exact) mass is 654 g/mol. The van der Waals surface area contributed by atoms with Gasteiger partial charge in [0.15, 0.2) is 0 Å². The van der Waals surface area contributed by atoms with Gasteiger partial charge in [-0.25, -0.2) is 9.59 Å². The zero-order valence-electron chi connectivity index (χ0n) is 22.5. The van der Waals surface area contributed by atoms with Crippen molar-refractivity contribution in [3.63, 3.8) is 0 Å². The number of aromatic nitrogens is 2. The van der Waals surface area contributed by atoms with Crippen LogP contribution in [-0.4, -0.2) is 20.7 Å². The Morgan fingerprint density at radius 3 is 1.47 bits per heavy atom. The van der Waals surface area contributed by atoms with Gasteiger partial charge in [-0.05, 0) is 74.5 Å². The Balaban J connectivity index is 1.08. The van der Waals surface area contributed by atoms with Crippen molar-refractivity contribution >= 4 is 91.6 Å². The van der Waals surface area contributed by atoms with Crippen molar-refractivity contribution in [2.24, 2.45) is 0 Å². The van der Waals surface area contributed by atoms with Crippen LogP contribution < -0.4 is 0 Å². The molecular weight excluding hydrogens is 637 g/mol. The molecule has 8 rings (SSSR count). The molecule has 0 aliphatic carbocycles. The molecule has 2 aliphatic heterocycles. The number of cyclic esters (lactones) is 2. The fraction of sp³-hybridized carbons (Fsp3) is 0.0625. The van der Waals surface area contributed by atoms with Gasteiger partial charge in [0.05, 0.1) is 32.6 Å². The molecule has 0 bridgehead atoms. The van der Waals surface area contributed by atoms with Crippen molar-refractivity contribution in [3.05, 3.63) is 103 Å². The second-order valence-corrected chi connectivity index (χ2v) is 15.2. The van der Waals surface area contributed by atoms with Crippen molar-refractivity contribution in [3.8, 4) is 30.6 Å². The molecule has 6 nitrogen and oxygen atoms in total. The first kappa shape index (κ1) is 26.6. The number of hydrogen-bond acceptors (Lipinski definition) is 11. The van der Waals surface area contributed by atoms with Crippen LogP contribution in [0.2, 0.25) is 0 Å². The summed E-state index contributed by atoms with van der Waals surface area (Å²) in [6.07, 6.45) is 3.26. The summed E-state index contributed by atoms with van der Waals surface area (Å²) in [5.74, 6) is -0.227. The third-order valence-corrected chi connectivity index (χ3v) is 12.0. The maximum absolute atomic E-state index is 12.8. The first-order valence-electron chi connectivity index (χ1n) is 13.1. The van der Waals surface area contributed by atoms with Crippen LogP contribution >= 0.6 is 57.1 Å². The maximum atomic E-state index is 12.8. The van der Waals surface area contributed by atoms with E-state index in [-0.39, 0.29) is 11.1 Å². The van der Waals surface area contributed by atoms with E-state index in [1.165, 1.54) is 44.2 Å². The molecule has 0 fully saturated rings. The average molecular weight is 655 g/mol. The maximum Gasteiger partial charge on any atom is 0.344 e. The highest BCUT2D eigenvalue weighted by Crippen LogP contribution is 2.44. The van der Waals surface area contributed by atoms with Crippen LogP contribution in [0.3, 0.4) is 0 Å². The van der Waals surface area contributed by atoms with Crippen molar-refractivity contribution in [2.45, 2.75) is 13.8 Å². The summed E-state index contributed by atoms with van der Waals surface area (Å²) in [5.41, 5.74) is 4.43. The summed E-state index contributed by atoms with van der Waals surface area (Å²) in [7, 11) is 0. The fourth-order valence-corrected chi connectivity index (χ4v) is 9.36. The Bertz CT molecular complexity index is 2220. The molecular formula is C32H18N2O4S5. The first-order valence-corrected chi connectivity index (χ1v) is 17.1. The Labute approximate surface area is 265 Å². The SMILES string of the molecule is Cc1ccc(C2=C/C(=C3/C=C(c4ccc(-c5ccc(-c6ccc(-c7ccc(C)s7)c7nsnc67)s5)s4)OC3=O)C(=O)O2)s1. The van der Waals surface area contributed by atoms with E-state index in [0.29, 0.717) is 11.5 Å². The molecule has 0 radical (unpaired) electrons. The molecule has 5 aromatic heterocycles. The summed E-state index contributed by atoms with van der Waals surface area (Å²) in [5, 5.41) is 0. The summed E-state index contributed by atoms with van der Waals surface area (Å²) in [4.78, 5) is 33.9. The predicted molar refractivity (Wildman–Crippen MR) is 176 cm³/mol. The van der Waals surface area contributed by atoms with E-state index in [1.807, 2.05) is 31.2 Å². The molecule has 0 unspecified atom stereocenters. The molecule has 0 spiro atoms. The Kier molecular flexibility index (Phi) is 6.39.